The summed E-state index contributed by atoms with van der Waals surface area (Å²) >= 11 is 0. The number of benzene rings is 1. The summed E-state index contributed by atoms with van der Waals surface area (Å²) in [6.07, 6.45) is -3.17. The summed E-state index contributed by atoms with van der Waals surface area (Å²) in [5.74, 6) is -5.20. The van der Waals surface area contributed by atoms with E-state index in [0.29, 0.717) is 17.3 Å². The van der Waals surface area contributed by atoms with Gasteiger partial charge in [-0.2, -0.15) is 26.3 Å². The largest absolute Gasteiger partial charge is 0.490 e. The van der Waals surface area contributed by atoms with E-state index in [0.717, 1.165) is 22.5 Å². The molecule has 0 aliphatic carbocycles. The van der Waals surface area contributed by atoms with Crippen LogP contribution in [0.3, 0.4) is 0 Å². The van der Waals surface area contributed by atoms with Crippen LogP contribution in [0.5, 0.6) is 0 Å². The van der Waals surface area contributed by atoms with Crippen LogP contribution in [0.15, 0.2) is 73.3 Å². The Hall–Kier alpha value is -5.48. The topological polar surface area (TPSA) is 159 Å². The van der Waals surface area contributed by atoms with Crippen LogP contribution in [-0.2, 0) is 16.6 Å². The van der Waals surface area contributed by atoms with Crippen molar-refractivity contribution in [2.45, 2.75) is 19.3 Å². The smallest absolute Gasteiger partial charge is 0.475 e. The molecule has 43 heavy (non-hydrogen) atoms. The highest BCUT2D eigenvalue weighted by molar-refractivity contribution is 6.04. The van der Waals surface area contributed by atoms with Gasteiger partial charge in [0, 0.05) is 48.1 Å². The number of pyridine rings is 1. The van der Waals surface area contributed by atoms with Crippen molar-refractivity contribution >= 4 is 35.2 Å². The average Bonchev–Trinajstić information content (AvgIpc) is 3.32. The fourth-order valence-corrected chi connectivity index (χ4v) is 2.88. The van der Waals surface area contributed by atoms with Crippen LogP contribution in [0.4, 0.5) is 43.7 Å². The van der Waals surface area contributed by atoms with Crippen LogP contribution in [0, 0.1) is 6.92 Å². The van der Waals surface area contributed by atoms with E-state index in [1.807, 2.05) is 68.7 Å². The van der Waals surface area contributed by atoms with E-state index in [2.05, 4.69) is 25.6 Å². The standard InChI is InChI=1S/C22H20N6O.2C2HF3O2/c1-15-8-9-19(13-23-15)26-21(29)20-10-16(14-28(20)2)17-11-24-22(25-12-17)27-18-6-4-3-5-7-18;2*3-2(4,5)1(6)7/h3-14H,1-2H3,(H,26,29)(H,24,25,27);2*(H,6,7). The molecule has 0 radical (unpaired) electrons. The van der Waals surface area contributed by atoms with Crippen molar-refractivity contribution in [2.75, 3.05) is 10.6 Å². The van der Waals surface area contributed by atoms with Gasteiger partial charge in [0.25, 0.3) is 5.91 Å². The Morgan fingerprint density at radius 3 is 1.77 bits per heavy atom. The molecule has 0 aliphatic heterocycles. The first-order valence-electron chi connectivity index (χ1n) is 11.6. The molecule has 0 spiro atoms. The Balaban J connectivity index is 0.000000384. The Morgan fingerprint density at radius 2 is 1.30 bits per heavy atom. The monoisotopic (exact) mass is 612 g/mol. The summed E-state index contributed by atoms with van der Waals surface area (Å²) in [7, 11) is 1.83. The van der Waals surface area contributed by atoms with Crippen LogP contribution >= 0.6 is 0 Å². The van der Waals surface area contributed by atoms with E-state index in [9.17, 15) is 31.1 Å². The van der Waals surface area contributed by atoms with Crippen molar-refractivity contribution in [1.82, 2.24) is 19.5 Å². The van der Waals surface area contributed by atoms with E-state index >= 15 is 0 Å². The lowest BCUT2D eigenvalue weighted by atomic mass is 10.2. The molecule has 4 N–H and O–H groups in total. The lowest BCUT2D eigenvalue weighted by Crippen LogP contribution is -2.21. The summed E-state index contributed by atoms with van der Waals surface area (Å²) in [6.45, 7) is 1.90. The van der Waals surface area contributed by atoms with Crippen molar-refractivity contribution in [3.8, 4) is 11.1 Å². The number of rotatable bonds is 5. The fraction of sp³-hybridized carbons (Fsp3) is 0.154. The number of nitrogens with one attached hydrogen (secondary N) is 2. The van der Waals surface area contributed by atoms with Gasteiger partial charge >= 0.3 is 24.3 Å². The average molecular weight is 612 g/mol. The Morgan fingerprint density at radius 1 is 0.767 bits per heavy atom. The molecule has 0 atom stereocenters. The Bertz CT molecular complexity index is 1500. The number of amides is 1. The Kier molecular flexibility index (Phi) is 11.3. The lowest BCUT2D eigenvalue weighted by Gasteiger charge is -2.05. The maximum absolute atomic E-state index is 12.6. The molecule has 11 nitrogen and oxygen atoms in total. The molecular formula is C26H22F6N6O5. The van der Waals surface area contributed by atoms with Crippen LogP contribution in [0.2, 0.25) is 0 Å². The molecule has 4 aromatic rings. The van der Waals surface area contributed by atoms with E-state index in [4.69, 9.17) is 19.8 Å². The molecule has 0 saturated carbocycles. The first-order valence-corrected chi connectivity index (χ1v) is 11.6. The van der Waals surface area contributed by atoms with Gasteiger partial charge in [-0.05, 0) is 37.3 Å². The predicted octanol–water partition coefficient (Wildman–Crippen LogP) is 5.45. The van der Waals surface area contributed by atoms with E-state index in [1.54, 1.807) is 23.2 Å². The van der Waals surface area contributed by atoms with E-state index in [1.165, 1.54) is 0 Å². The molecule has 1 aromatic carbocycles. The molecule has 17 heteroatoms. The van der Waals surface area contributed by atoms with Gasteiger partial charge in [0.05, 0.1) is 11.9 Å². The van der Waals surface area contributed by atoms with Crippen LogP contribution in [0.1, 0.15) is 16.2 Å². The van der Waals surface area contributed by atoms with Crippen molar-refractivity contribution < 1.29 is 50.9 Å². The number of hydrogen-bond acceptors (Lipinski definition) is 7. The van der Waals surface area contributed by atoms with Crippen LogP contribution < -0.4 is 10.6 Å². The zero-order valence-corrected chi connectivity index (χ0v) is 22.1. The molecule has 3 aromatic heterocycles. The number of aryl methyl sites for hydroxylation is 2. The Labute approximate surface area is 238 Å². The van der Waals surface area contributed by atoms with Gasteiger partial charge in [-0.15, -0.1) is 0 Å². The van der Waals surface area contributed by atoms with Crippen LogP contribution in [0.25, 0.3) is 11.1 Å². The SMILES string of the molecule is Cc1ccc(NC(=O)c2cc(-c3cnc(Nc4ccccc4)nc3)cn2C)cn1.O=C(O)C(F)(F)F.O=C(O)C(F)(F)F. The van der Waals surface area contributed by atoms with Crippen molar-refractivity contribution in [1.29, 1.82) is 0 Å². The van der Waals surface area contributed by atoms with Gasteiger partial charge in [0.15, 0.2) is 0 Å². The van der Waals surface area contributed by atoms with Crippen molar-refractivity contribution in [2.24, 2.45) is 7.05 Å². The second kappa shape index (κ2) is 14.4. The van der Waals surface area contributed by atoms with Gasteiger partial charge in [0.2, 0.25) is 5.95 Å². The number of nitrogens with zero attached hydrogens (tertiary/aromatic N) is 4. The summed E-state index contributed by atoms with van der Waals surface area (Å²) < 4.78 is 65.3. The molecular weight excluding hydrogens is 590 g/mol. The fourth-order valence-electron chi connectivity index (χ4n) is 2.88. The predicted molar refractivity (Wildman–Crippen MR) is 140 cm³/mol. The number of anilines is 3. The minimum Gasteiger partial charge on any atom is -0.475 e. The van der Waals surface area contributed by atoms with Gasteiger partial charge < -0.3 is 25.4 Å². The zero-order chi connectivity index (χ0) is 32.4. The minimum absolute atomic E-state index is 0.201. The number of carbonyl (C=O) groups is 3. The zero-order valence-electron chi connectivity index (χ0n) is 22.1. The third kappa shape index (κ3) is 11.1. The third-order valence-corrected chi connectivity index (χ3v) is 4.91. The minimum atomic E-state index is -5.08. The molecule has 0 unspecified atom stereocenters. The molecule has 0 fully saturated rings. The quantitative estimate of drug-likeness (QED) is 0.215. The van der Waals surface area contributed by atoms with E-state index < -0.39 is 24.3 Å². The van der Waals surface area contributed by atoms with Gasteiger partial charge in [-0.3, -0.25) is 9.78 Å². The molecule has 0 bridgehead atoms. The molecule has 0 saturated heterocycles. The van der Waals surface area contributed by atoms with E-state index in [-0.39, 0.29) is 5.91 Å². The maximum Gasteiger partial charge on any atom is 0.490 e. The number of aliphatic carboxylic acids is 2. The number of halogens is 6. The van der Waals surface area contributed by atoms with Gasteiger partial charge in [-0.1, -0.05) is 18.2 Å². The number of alkyl halides is 6. The number of hydrogen-bond donors (Lipinski definition) is 4. The number of carbonyl (C=O) groups excluding carboxylic acids is 1. The summed E-state index contributed by atoms with van der Waals surface area (Å²) in [6, 6.07) is 15.2. The molecule has 228 valence electrons. The second-order valence-corrected chi connectivity index (χ2v) is 8.26. The highest BCUT2D eigenvalue weighted by Gasteiger charge is 2.38. The summed E-state index contributed by atoms with van der Waals surface area (Å²) in [4.78, 5) is 43.3. The second-order valence-electron chi connectivity index (χ2n) is 8.26. The first kappa shape index (κ1) is 33.7. The third-order valence-electron chi connectivity index (χ3n) is 4.91. The maximum atomic E-state index is 12.6. The number of aromatic nitrogens is 4. The number of carboxylic acids is 2. The van der Waals surface area contributed by atoms with Crippen LogP contribution in [-0.4, -0.2) is 59.9 Å². The molecule has 3 heterocycles. The van der Waals surface area contributed by atoms with Gasteiger partial charge in [0.1, 0.15) is 5.69 Å². The normalized spacial score (nSPS) is 10.8. The van der Waals surface area contributed by atoms with Crippen molar-refractivity contribution in [3.05, 3.63) is 84.7 Å². The first-order chi connectivity index (χ1) is 20.0. The molecule has 1 amide bonds. The molecule has 4 rings (SSSR count). The summed E-state index contributed by atoms with van der Waals surface area (Å²) in [5.41, 5.74) is 4.70. The number of para-hydroxylation sites is 1. The highest BCUT2D eigenvalue weighted by atomic mass is 19.4. The summed E-state index contributed by atoms with van der Waals surface area (Å²) in [5, 5.41) is 20.3. The lowest BCUT2D eigenvalue weighted by molar-refractivity contribution is -0.193. The molecule has 0 aliphatic rings. The highest BCUT2D eigenvalue weighted by Crippen LogP contribution is 2.22. The van der Waals surface area contributed by atoms with Gasteiger partial charge in [-0.25, -0.2) is 19.6 Å². The number of carboxylic acid groups (broad SMARTS) is 2. The van der Waals surface area contributed by atoms with Crippen molar-refractivity contribution in [3.63, 3.8) is 0 Å².